The minimum Gasteiger partial charge on any atom is -0.497 e. The molecule has 0 aliphatic carbocycles. The molecule has 4 rings (SSSR count). The smallest absolute Gasteiger partial charge is 0.335 e. The number of methoxy groups -OCH3 is 1. The fraction of sp³-hybridized carbons (Fsp3) is 0.0435. The Kier molecular flexibility index (Phi) is 5.41. The molecule has 10 heteroatoms. The number of carboxylic acids is 1. The van der Waals surface area contributed by atoms with E-state index >= 15 is 0 Å². The molecule has 33 heavy (non-hydrogen) atoms. The summed E-state index contributed by atoms with van der Waals surface area (Å²) in [6.45, 7) is 3.84. The number of furan rings is 1. The van der Waals surface area contributed by atoms with Gasteiger partial charge < -0.3 is 14.3 Å². The highest BCUT2D eigenvalue weighted by molar-refractivity contribution is 5.87. The van der Waals surface area contributed by atoms with Gasteiger partial charge in [-0.25, -0.2) is 9.48 Å². The molecule has 0 spiro atoms. The SMILES string of the molecule is C=c1[nH]n(-c2ccc(C(=O)O)cc2)c(=O)c1=Cc1ccc(-c2ccc(OC)cc2[N+](=O)[O-])o1. The number of carbonyl (C=O) groups is 1. The highest BCUT2D eigenvalue weighted by Gasteiger charge is 2.19. The monoisotopic (exact) mass is 447 g/mol. The number of nitrogens with zero attached hydrogens (tertiary/aromatic N) is 2. The Hall–Kier alpha value is -4.86. The molecule has 0 aliphatic rings. The topological polar surface area (TPSA) is 141 Å². The fourth-order valence-corrected chi connectivity index (χ4v) is 3.29. The second-order valence-corrected chi connectivity index (χ2v) is 6.98. The van der Waals surface area contributed by atoms with E-state index in [1.807, 2.05) is 0 Å². The van der Waals surface area contributed by atoms with E-state index in [0.29, 0.717) is 22.5 Å². The van der Waals surface area contributed by atoms with Gasteiger partial charge in [-0.1, -0.05) is 6.58 Å². The molecule has 0 saturated heterocycles. The maximum Gasteiger partial charge on any atom is 0.335 e. The molecule has 0 radical (unpaired) electrons. The lowest BCUT2D eigenvalue weighted by Gasteiger charge is -2.03. The van der Waals surface area contributed by atoms with Crippen LogP contribution in [0.2, 0.25) is 0 Å². The molecule has 2 aromatic carbocycles. The number of hydrogen-bond donors (Lipinski definition) is 2. The summed E-state index contributed by atoms with van der Waals surface area (Å²) in [7, 11) is 1.42. The van der Waals surface area contributed by atoms with Crippen LogP contribution in [0, 0.1) is 10.1 Å². The summed E-state index contributed by atoms with van der Waals surface area (Å²) in [4.78, 5) is 34.9. The second kappa shape index (κ2) is 8.35. The summed E-state index contributed by atoms with van der Waals surface area (Å²) in [6, 6.07) is 13.3. The second-order valence-electron chi connectivity index (χ2n) is 6.98. The Balaban J connectivity index is 1.74. The fourth-order valence-electron chi connectivity index (χ4n) is 3.29. The summed E-state index contributed by atoms with van der Waals surface area (Å²) in [5, 5.41) is 23.9. The molecule has 4 aromatic rings. The largest absolute Gasteiger partial charge is 0.497 e. The molecule has 0 saturated carbocycles. The van der Waals surface area contributed by atoms with E-state index in [4.69, 9.17) is 14.3 Å². The van der Waals surface area contributed by atoms with Crippen LogP contribution in [0.15, 0.2) is 63.8 Å². The van der Waals surface area contributed by atoms with E-state index in [-0.39, 0.29) is 27.8 Å². The first-order valence-electron chi connectivity index (χ1n) is 9.56. The summed E-state index contributed by atoms with van der Waals surface area (Å²) < 4.78 is 12.0. The van der Waals surface area contributed by atoms with Crippen molar-refractivity contribution in [3.63, 3.8) is 0 Å². The Morgan fingerprint density at radius 3 is 2.58 bits per heavy atom. The van der Waals surface area contributed by atoms with Crippen LogP contribution >= 0.6 is 0 Å². The molecule has 2 aromatic heterocycles. The molecular formula is C23H17N3O7. The lowest BCUT2D eigenvalue weighted by molar-refractivity contribution is -0.384. The molecule has 0 bridgehead atoms. The van der Waals surface area contributed by atoms with Gasteiger partial charge >= 0.3 is 5.97 Å². The number of nitro benzene ring substituents is 1. The van der Waals surface area contributed by atoms with Gasteiger partial charge in [0.05, 0.1) is 45.5 Å². The Bertz CT molecular complexity index is 1540. The lowest BCUT2D eigenvalue weighted by Crippen LogP contribution is -2.33. The summed E-state index contributed by atoms with van der Waals surface area (Å²) in [5.41, 5.74) is 0.193. The third kappa shape index (κ3) is 4.04. The molecule has 0 atom stereocenters. The Morgan fingerprint density at radius 1 is 1.21 bits per heavy atom. The van der Waals surface area contributed by atoms with Crippen molar-refractivity contribution < 1.29 is 24.0 Å². The van der Waals surface area contributed by atoms with E-state index in [0.717, 1.165) is 0 Å². The quantitative estimate of drug-likeness (QED) is 0.341. The number of ether oxygens (including phenoxy) is 1. The van der Waals surface area contributed by atoms with Crippen LogP contribution in [0.25, 0.3) is 29.7 Å². The number of aromatic nitrogens is 2. The Labute approximate surface area is 185 Å². The van der Waals surface area contributed by atoms with E-state index in [1.54, 1.807) is 18.2 Å². The van der Waals surface area contributed by atoms with Crippen LogP contribution in [0.3, 0.4) is 0 Å². The van der Waals surface area contributed by atoms with Crippen molar-refractivity contribution in [2.75, 3.05) is 7.11 Å². The van der Waals surface area contributed by atoms with Gasteiger partial charge in [0.25, 0.3) is 11.2 Å². The number of hydrogen-bond acceptors (Lipinski definition) is 6. The number of nitro groups is 1. The number of nitrogens with one attached hydrogen (secondary N) is 1. The first-order chi connectivity index (χ1) is 15.8. The van der Waals surface area contributed by atoms with Crippen LogP contribution in [-0.4, -0.2) is 32.9 Å². The highest BCUT2D eigenvalue weighted by atomic mass is 16.6. The van der Waals surface area contributed by atoms with Gasteiger partial charge in [-0.15, -0.1) is 0 Å². The number of aromatic amines is 1. The maximum atomic E-state index is 12.9. The van der Waals surface area contributed by atoms with Crippen molar-refractivity contribution >= 4 is 24.3 Å². The highest BCUT2D eigenvalue weighted by Crippen LogP contribution is 2.34. The molecule has 2 N–H and O–H groups in total. The van der Waals surface area contributed by atoms with Crippen molar-refractivity contribution in [2.24, 2.45) is 0 Å². The molecular weight excluding hydrogens is 430 g/mol. The summed E-state index contributed by atoms with van der Waals surface area (Å²) in [6.07, 6.45) is 1.47. The van der Waals surface area contributed by atoms with Gasteiger partial charge in [-0.2, -0.15) is 0 Å². The van der Waals surface area contributed by atoms with Gasteiger partial charge in [0.15, 0.2) is 0 Å². The van der Waals surface area contributed by atoms with Crippen molar-refractivity contribution in [2.45, 2.75) is 0 Å². The van der Waals surface area contributed by atoms with E-state index in [9.17, 15) is 19.7 Å². The molecule has 0 aliphatic heterocycles. The van der Waals surface area contributed by atoms with Gasteiger partial charge in [-0.05, 0) is 54.6 Å². The first kappa shape index (κ1) is 21.4. The van der Waals surface area contributed by atoms with Gasteiger partial charge in [-0.3, -0.25) is 20.0 Å². The van der Waals surface area contributed by atoms with E-state index in [1.165, 1.54) is 54.3 Å². The van der Waals surface area contributed by atoms with Gasteiger partial charge in [0.1, 0.15) is 17.3 Å². The van der Waals surface area contributed by atoms with Crippen molar-refractivity contribution in [3.8, 4) is 22.8 Å². The molecule has 0 unspecified atom stereocenters. The minimum atomic E-state index is -1.07. The summed E-state index contributed by atoms with van der Waals surface area (Å²) >= 11 is 0. The van der Waals surface area contributed by atoms with Crippen LogP contribution in [-0.2, 0) is 0 Å². The minimum absolute atomic E-state index is 0.0933. The maximum absolute atomic E-state index is 12.9. The van der Waals surface area contributed by atoms with Crippen molar-refractivity contribution in [3.05, 3.63) is 97.0 Å². The average molecular weight is 447 g/mol. The standard InChI is InChI=1S/C23H17N3O7/c1-13-19(22(27)25(24-13)15-5-3-14(4-6-15)23(28)29)11-17-8-10-21(33-17)18-9-7-16(32-2)12-20(18)26(30)31/h3-12,24H,1H2,2H3,(H,28,29). The first-order valence-corrected chi connectivity index (χ1v) is 9.56. The van der Waals surface area contributed by atoms with Crippen LogP contribution in [0.4, 0.5) is 5.69 Å². The number of rotatable bonds is 6. The van der Waals surface area contributed by atoms with Crippen molar-refractivity contribution in [1.29, 1.82) is 0 Å². The zero-order valence-electron chi connectivity index (χ0n) is 17.3. The number of carboxylic acid groups (broad SMARTS) is 1. The van der Waals surface area contributed by atoms with E-state index in [2.05, 4.69) is 11.7 Å². The molecule has 10 nitrogen and oxygen atoms in total. The molecule has 0 fully saturated rings. The third-order valence-corrected chi connectivity index (χ3v) is 4.96. The lowest BCUT2D eigenvalue weighted by atomic mass is 10.1. The Morgan fingerprint density at radius 2 is 1.94 bits per heavy atom. The van der Waals surface area contributed by atoms with Crippen molar-refractivity contribution in [1.82, 2.24) is 9.78 Å². The number of benzene rings is 2. The van der Waals surface area contributed by atoms with E-state index < -0.39 is 16.5 Å². The molecule has 2 heterocycles. The zero-order valence-corrected chi connectivity index (χ0v) is 17.3. The van der Waals surface area contributed by atoms with Crippen LogP contribution < -0.4 is 20.9 Å². The zero-order chi connectivity index (χ0) is 23.7. The average Bonchev–Trinajstić information content (AvgIpc) is 3.38. The third-order valence-electron chi connectivity index (χ3n) is 4.96. The predicted octanol–water partition coefficient (Wildman–Crippen LogP) is 2.28. The normalized spacial score (nSPS) is 11.5. The molecule has 0 amide bonds. The number of aromatic carboxylic acids is 1. The number of H-pyrrole nitrogens is 1. The molecule has 166 valence electrons. The summed E-state index contributed by atoms with van der Waals surface area (Å²) in [5.74, 6) is -0.182. The van der Waals surface area contributed by atoms with Gasteiger partial charge in [0, 0.05) is 0 Å². The van der Waals surface area contributed by atoms with Crippen LogP contribution in [0.5, 0.6) is 5.75 Å². The van der Waals surface area contributed by atoms with Gasteiger partial charge in [0.2, 0.25) is 0 Å². The van der Waals surface area contributed by atoms with Crippen LogP contribution in [0.1, 0.15) is 16.1 Å². The predicted molar refractivity (Wildman–Crippen MR) is 119 cm³/mol.